The molecule has 108 valence electrons. The third-order valence-electron chi connectivity index (χ3n) is 5.20. The van der Waals surface area contributed by atoms with Gasteiger partial charge in [-0.15, -0.1) is 12.3 Å². The topological polar surface area (TPSA) is 15.3 Å². The van der Waals surface area contributed by atoms with Crippen LogP contribution in [0.5, 0.6) is 0 Å². The summed E-state index contributed by atoms with van der Waals surface area (Å²) < 4.78 is 0. The molecule has 3 atom stereocenters. The Hall–Kier alpha value is -0.520. The van der Waals surface area contributed by atoms with E-state index in [9.17, 15) is 0 Å². The minimum atomic E-state index is 0.699. The van der Waals surface area contributed by atoms with E-state index in [4.69, 9.17) is 6.42 Å². The van der Waals surface area contributed by atoms with Gasteiger partial charge < -0.3 is 10.2 Å². The maximum absolute atomic E-state index is 5.39. The van der Waals surface area contributed by atoms with Crippen LogP contribution in [0, 0.1) is 18.3 Å². The zero-order valence-electron chi connectivity index (χ0n) is 12.7. The van der Waals surface area contributed by atoms with Crippen LogP contribution in [0.15, 0.2) is 0 Å². The van der Waals surface area contributed by atoms with Gasteiger partial charge in [0.05, 0.1) is 0 Å². The number of hydrogen-bond acceptors (Lipinski definition) is 2. The zero-order valence-corrected chi connectivity index (χ0v) is 12.7. The predicted octanol–water partition coefficient (Wildman–Crippen LogP) is 3.03. The Bertz CT molecular complexity index is 293. The average molecular weight is 262 g/mol. The lowest BCUT2D eigenvalue weighted by molar-refractivity contribution is 0.109. The second kappa shape index (κ2) is 7.31. The van der Waals surface area contributed by atoms with Crippen LogP contribution >= 0.6 is 0 Å². The van der Waals surface area contributed by atoms with Gasteiger partial charge in [-0.1, -0.05) is 6.92 Å². The Kier molecular flexibility index (Phi) is 5.73. The molecule has 2 aliphatic rings. The molecule has 1 N–H and O–H groups in total. The number of terminal acetylenes is 1. The maximum Gasteiger partial charge on any atom is 0.00989 e. The quantitative estimate of drug-likeness (QED) is 0.560. The molecule has 2 heterocycles. The normalized spacial score (nSPS) is 32.2. The molecule has 3 unspecified atom stereocenters. The summed E-state index contributed by atoms with van der Waals surface area (Å²) in [5.41, 5.74) is 0. The van der Waals surface area contributed by atoms with Gasteiger partial charge in [-0.2, -0.15) is 0 Å². The first-order valence-electron chi connectivity index (χ1n) is 8.15. The molecule has 2 heteroatoms. The van der Waals surface area contributed by atoms with Gasteiger partial charge in [-0.25, -0.2) is 0 Å². The summed E-state index contributed by atoms with van der Waals surface area (Å²) >= 11 is 0. The molecular formula is C17H30N2. The minimum Gasteiger partial charge on any atom is -0.314 e. The Morgan fingerprint density at radius 1 is 1.32 bits per heavy atom. The van der Waals surface area contributed by atoms with Crippen LogP contribution in [0.2, 0.25) is 0 Å². The number of rotatable bonds is 7. The van der Waals surface area contributed by atoms with E-state index in [2.05, 4.69) is 30.1 Å². The highest BCUT2D eigenvalue weighted by Crippen LogP contribution is 2.39. The summed E-state index contributed by atoms with van der Waals surface area (Å²) in [5, 5.41) is 3.79. The van der Waals surface area contributed by atoms with Crippen molar-refractivity contribution in [1.29, 1.82) is 0 Å². The summed E-state index contributed by atoms with van der Waals surface area (Å²) in [4.78, 5) is 2.63. The van der Waals surface area contributed by atoms with Crippen LogP contribution in [0.4, 0.5) is 0 Å². The van der Waals surface area contributed by atoms with Crippen LogP contribution in [0.25, 0.3) is 0 Å². The van der Waals surface area contributed by atoms with Gasteiger partial charge in [0.15, 0.2) is 0 Å². The van der Waals surface area contributed by atoms with Gasteiger partial charge in [-0.3, -0.25) is 0 Å². The summed E-state index contributed by atoms with van der Waals surface area (Å²) in [5.74, 6) is 3.66. The fourth-order valence-electron chi connectivity index (χ4n) is 4.04. The summed E-state index contributed by atoms with van der Waals surface area (Å²) in [6.45, 7) is 3.41. The molecule has 2 nitrogen and oxygen atoms in total. The second-order valence-electron chi connectivity index (χ2n) is 6.44. The molecule has 19 heavy (non-hydrogen) atoms. The standard InChI is InChI=1S/C17H30N2/c1-4-6-7-8-17(18-11-5-2)14-12-15-9-10-16(13-14)19(15)3/h1,14-18H,5-13H2,2-3H3. The number of fused-ring (bicyclic) bond motifs is 2. The largest absolute Gasteiger partial charge is 0.314 e. The number of nitrogens with zero attached hydrogens (tertiary/aromatic N) is 1. The van der Waals surface area contributed by atoms with E-state index in [1.165, 1.54) is 44.9 Å². The van der Waals surface area contributed by atoms with Crippen LogP contribution < -0.4 is 5.32 Å². The molecular weight excluding hydrogens is 232 g/mol. The molecule has 2 saturated heterocycles. The van der Waals surface area contributed by atoms with Crippen LogP contribution in [-0.2, 0) is 0 Å². The summed E-state index contributed by atoms with van der Waals surface area (Å²) in [6, 6.07) is 2.40. The van der Waals surface area contributed by atoms with E-state index < -0.39 is 0 Å². The number of piperidine rings is 1. The monoisotopic (exact) mass is 262 g/mol. The van der Waals surface area contributed by atoms with E-state index in [1.54, 1.807) is 0 Å². The molecule has 0 amide bonds. The van der Waals surface area contributed by atoms with Crippen molar-refractivity contribution >= 4 is 0 Å². The number of nitrogens with one attached hydrogen (secondary N) is 1. The highest BCUT2D eigenvalue weighted by atomic mass is 15.2. The van der Waals surface area contributed by atoms with Crippen molar-refractivity contribution in [3.8, 4) is 12.3 Å². The van der Waals surface area contributed by atoms with E-state index in [-0.39, 0.29) is 0 Å². The van der Waals surface area contributed by atoms with Crippen molar-refractivity contribution in [2.45, 2.75) is 76.4 Å². The highest BCUT2D eigenvalue weighted by molar-refractivity contribution is 4.97. The lowest BCUT2D eigenvalue weighted by atomic mass is 9.83. The summed E-state index contributed by atoms with van der Waals surface area (Å²) in [7, 11) is 2.32. The minimum absolute atomic E-state index is 0.699. The molecule has 2 bridgehead atoms. The highest BCUT2D eigenvalue weighted by Gasteiger charge is 2.40. The SMILES string of the molecule is C#CCCCC(NCCC)C1CC2CCC(C1)N2C. The van der Waals surface area contributed by atoms with E-state index >= 15 is 0 Å². The van der Waals surface area contributed by atoms with Gasteiger partial charge in [0.25, 0.3) is 0 Å². The number of unbranched alkanes of at least 4 members (excludes halogenated alkanes) is 1. The molecule has 2 fully saturated rings. The van der Waals surface area contributed by atoms with Crippen molar-refractivity contribution in [2.75, 3.05) is 13.6 Å². The van der Waals surface area contributed by atoms with Crippen LogP contribution in [0.3, 0.4) is 0 Å². The number of hydrogen-bond donors (Lipinski definition) is 1. The lowest BCUT2D eigenvalue weighted by Crippen LogP contribution is -2.47. The first-order valence-corrected chi connectivity index (χ1v) is 8.15. The molecule has 0 spiro atoms. The van der Waals surface area contributed by atoms with Gasteiger partial charge in [-0.05, 0) is 64.5 Å². The van der Waals surface area contributed by atoms with Crippen molar-refractivity contribution < 1.29 is 0 Å². The average Bonchev–Trinajstić information content (AvgIpc) is 2.65. The van der Waals surface area contributed by atoms with Gasteiger partial charge >= 0.3 is 0 Å². The Labute approximate surface area is 119 Å². The van der Waals surface area contributed by atoms with E-state index in [0.717, 1.165) is 31.0 Å². The van der Waals surface area contributed by atoms with Crippen molar-refractivity contribution in [3.63, 3.8) is 0 Å². The van der Waals surface area contributed by atoms with E-state index in [0.29, 0.717) is 6.04 Å². The smallest absolute Gasteiger partial charge is 0.00989 e. The first kappa shape index (κ1) is 14.9. The molecule has 0 aromatic heterocycles. The van der Waals surface area contributed by atoms with E-state index in [1.807, 2.05) is 0 Å². The molecule has 0 aliphatic carbocycles. The maximum atomic E-state index is 5.39. The molecule has 2 rings (SSSR count). The Morgan fingerprint density at radius 2 is 2.00 bits per heavy atom. The molecule has 0 aromatic rings. The van der Waals surface area contributed by atoms with Crippen molar-refractivity contribution in [1.82, 2.24) is 10.2 Å². The predicted molar refractivity (Wildman–Crippen MR) is 82.1 cm³/mol. The Balaban J connectivity index is 1.88. The third-order valence-corrected chi connectivity index (χ3v) is 5.20. The fraction of sp³-hybridized carbons (Fsp3) is 0.882. The van der Waals surface area contributed by atoms with Gasteiger partial charge in [0.2, 0.25) is 0 Å². The second-order valence-corrected chi connectivity index (χ2v) is 6.44. The first-order chi connectivity index (χ1) is 9.26. The summed E-state index contributed by atoms with van der Waals surface area (Å²) in [6.07, 6.45) is 15.6. The van der Waals surface area contributed by atoms with Crippen molar-refractivity contribution in [2.24, 2.45) is 5.92 Å². The molecule has 2 aliphatic heterocycles. The third kappa shape index (κ3) is 3.74. The molecule has 0 saturated carbocycles. The van der Waals surface area contributed by atoms with Gasteiger partial charge in [0.1, 0.15) is 0 Å². The van der Waals surface area contributed by atoms with Gasteiger partial charge in [0, 0.05) is 24.5 Å². The Morgan fingerprint density at radius 3 is 2.58 bits per heavy atom. The molecule has 0 aromatic carbocycles. The van der Waals surface area contributed by atoms with Crippen LogP contribution in [-0.4, -0.2) is 36.6 Å². The van der Waals surface area contributed by atoms with Crippen LogP contribution in [0.1, 0.15) is 58.3 Å². The molecule has 0 radical (unpaired) electrons. The van der Waals surface area contributed by atoms with Crippen molar-refractivity contribution in [3.05, 3.63) is 0 Å². The lowest BCUT2D eigenvalue weighted by Gasteiger charge is -2.40. The zero-order chi connectivity index (χ0) is 13.7. The fourth-order valence-corrected chi connectivity index (χ4v) is 4.04.